The number of methoxy groups -OCH3 is 1. The molecule has 39 heavy (non-hydrogen) atoms. The van der Waals surface area contributed by atoms with Crippen molar-refractivity contribution in [2.24, 2.45) is 5.41 Å². The number of aromatic nitrogens is 1. The van der Waals surface area contributed by atoms with Gasteiger partial charge < -0.3 is 19.7 Å². The number of hydrogen-bond acceptors (Lipinski definition) is 8. The molecule has 1 fully saturated rings. The number of amides is 2. The van der Waals surface area contributed by atoms with Crippen LogP contribution >= 0.6 is 11.3 Å². The van der Waals surface area contributed by atoms with Crippen molar-refractivity contribution in [3.63, 3.8) is 0 Å². The Kier molecular flexibility index (Phi) is 7.66. The largest absolute Gasteiger partial charge is 0.467 e. The minimum Gasteiger partial charge on any atom is -0.467 e. The van der Waals surface area contributed by atoms with Crippen molar-refractivity contribution in [1.29, 1.82) is 0 Å². The number of nitrogens with zero attached hydrogens (tertiary/aromatic N) is 3. The molecular weight excluding hydrogens is 516 g/mol. The minimum absolute atomic E-state index is 0.122. The normalized spacial score (nSPS) is 24.7. The lowest BCUT2D eigenvalue weighted by atomic mass is 9.85. The Morgan fingerprint density at radius 2 is 2.05 bits per heavy atom. The predicted octanol–water partition coefficient (Wildman–Crippen LogP) is 4.61. The molecule has 1 N–H and O–H groups in total. The minimum atomic E-state index is -0.833. The second kappa shape index (κ2) is 11.0. The third-order valence-electron chi connectivity index (χ3n) is 7.60. The van der Waals surface area contributed by atoms with Crippen molar-refractivity contribution in [2.75, 3.05) is 19.0 Å². The highest BCUT2D eigenvalue weighted by atomic mass is 32.1. The maximum absolute atomic E-state index is 14.0. The second-order valence-corrected chi connectivity index (χ2v) is 12.4. The molecule has 2 aromatic rings. The molecule has 6 bridgehead atoms. The van der Waals surface area contributed by atoms with Crippen molar-refractivity contribution in [2.45, 2.75) is 77.7 Å². The fourth-order valence-corrected chi connectivity index (χ4v) is 6.25. The second-order valence-electron chi connectivity index (χ2n) is 11.5. The topological polar surface area (TPSA) is 101 Å². The van der Waals surface area contributed by atoms with Crippen LogP contribution in [0.15, 0.2) is 29.7 Å². The van der Waals surface area contributed by atoms with Gasteiger partial charge in [-0.15, -0.1) is 11.3 Å². The van der Waals surface area contributed by atoms with Gasteiger partial charge in [-0.25, -0.2) is 14.6 Å². The van der Waals surface area contributed by atoms with Crippen LogP contribution in [0.2, 0.25) is 0 Å². The number of hydrogen-bond donors (Lipinski definition) is 1. The van der Waals surface area contributed by atoms with E-state index in [4.69, 9.17) is 14.5 Å². The van der Waals surface area contributed by atoms with E-state index in [1.54, 1.807) is 4.90 Å². The Balaban J connectivity index is 1.46. The van der Waals surface area contributed by atoms with E-state index >= 15 is 0 Å². The molecule has 0 saturated carbocycles. The fourth-order valence-electron chi connectivity index (χ4n) is 5.47. The summed E-state index contributed by atoms with van der Waals surface area (Å²) in [6.45, 7) is 6.97. The molecule has 0 unspecified atom stereocenters. The zero-order valence-corrected chi connectivity index (χ0v) is 23.8. The van der Waals surface area contributed by atoms with Crippen LogP contribution in [-0.2, 0) is 38.6 Å². The first-order valence-electron chi connectivity index (χ1n) is 13.5. The Labute approximate surface area is 233 Å². The summed E-state index contributed by atoms with van der Waals surface area (Å²) in [7, 11) is 1.31. The summed E-state index contributed by atoms with van der Waals surface area (Å²) < 4.78 is 10.9. The van der Waals surface area contributed by atoms with Crippen molar-refractivity contribution in [1.82, 2.24) is 14.8 Å². The maximum atomic E-state index is 14.0. The van der Waals surface area contributed by atoms with Crippen molar-refractivity contribution >= 4 is 40.5 Å². The maximum Gasteiger partial charge on any atom is 0.410 e. The standard InChI is InChI=1S/C29H36N4O5S/c1-29(2,3)24-25(34)33-15-21(13-23(33)26(35)37-4)38-28(36)32-14-19-11-8-10-18(22(19)16-32)9-6-5-7-12-20-17-39-27(30-20)31-24/h6,8-11,17,21,23-24H,5,7,12-16H2,1-4H3,(H,30,31)/b9-6+/t21-,23+,24-/m1/s1. The Bertz CT molecular complexity index is 1280. The summed E-state index contributed by atoms with van der Waals surface area (Å²) in [5, 5.41) is 6.04. The average Bonchev–Trinajstić information content (AvgIpc) is 3.63. The lowest BCUT2D eigenvalue weighted by Gasteiger charge is -2.35. The Morgan fingerprint density at radius 3 is 2.82 bits per heavy atom. The summed E-state index contributed by atoms with van der Waals surface area (Å²) >= 11 is 1.47. The van der Waals surface area contributed by atoms with E-state index < -0.39 is 35.7 Å². The highest BCUT2D eigenvalue weighted by Gasteiger charge is 2.46. The lowest BCUT2D eigenvalue weighted by Crippen LogP contribution is -2.52. The highest BCUT2D eigenvalue weighted by Crippen LogP contribution is 2.32. The van der Waals surface area contributed by atoms with Gasteiger partial charge in [-0.05, 0) is 41.4 Å². The number of fused-ring (bicyclic) bond motifs is 5. The summed E-state index contributed by atoms with van der Waals surface area (Å²) in [4.78, 5) is 47.8. The molecule has 0 radical (unpaired) electrons. The summed E-state index contributed by atoms with van der Waals surface area (Å²) in [5.41, 5.74) is 3.85. The summed E-state index contributed by atoms with van der Waals surface area (Å²) in [5.74, 6) is -0.763. The molecular formula is C29H36N4O5S. The van der Waals surface area contributed by atoms with Crippen LogP contribution in [0.4, 0.5) is 9.93 Å². The number of anilines is 1. The van der Waals surface area contributed by atoms with E-state index in [9.17, 15) is 14.4 Å². The third-order valence-corrected chi connectivity index (χ3v) is 8.42. The number of ether oxygens (including phenoxy) is 2. The van der Waals surface area contributed by atoms with Crippen LogP contribution in [0, 0.1) is 5.41 Å². The molecule has 3 aliphatic heterocycles. The van der Waals surface area contributed by atoms with Crippen LogP contribution in [0.3, 0.4) is 0 Å². The molecule has 10 heteroatoms. The molecule has 1 aromatic carbocycles. The van der Waals surface area contributed by atoms with E-state index in [0.717, 1.165) is 41.6 Å². The van der Waals surface area contributed by atoms with Crippen LogP contribution in [0.25, 0.3) is 6.08 Å². The van der Waals surface area contributed by atoms with Gasteiger partial charge in [0.1, 0.15) is 18.2 Å². The number of allylic oxidation sites excluding steroid dienone is 1. The van der Waals surface area contributed by atoms with Crippen molar-refractivity contribution in [3.05, 3.63) is 52.0 Å². The lowest BCUT2D eigenvalue weighted by molar-refractivity contribution is -0.151. The van der Waals surface area contributed by atoms with Crippen molar-refractivity contribution in [3.8, 4) is 0 Å². The number of aryl methyl sites for hydroxylation is 1. The molecule has 3 atom stereocenters. The van der Waals surface area contributed by atoms with Crippen LogP contribution in [-0.4, -0.2) is 64.6 Å². The number of esters is 1. The van der Waals surface area contributed by atoms with E-state index in [2.05, 4.69) is 23.5 Å². The molecule has 2 amide bonds. The third kappa shape index (κ3) is 5.80. The predicted molar refractivity (Wildman–Crippen MR) is 149 cm³/mol. The van der Waals surface area contributed by atoms with Gasteiger partial charge in [0.05, 0.1) is 25.9 Å². The Morgan fingerprint density at radius 1 is 1.23 bits per heavy atom. The van der Waals surface area contributed by atoms with Gasteiger partial charge in [0.2, 0.25) is 5.91 Å². The number of thiazole rings is 1. The zero-order valence-electron chi connectivity index (χ0n) is 22.9. The van der Waals surface area contributed by atoms with Crippen LogP contribution < -0.4 is 5.32 Å². The van der Waals surface area contributed by atoms with Crippen molar-refractivity contribution < 1.29 is 23.9 Å². The van der Waals surface area contributed by atoms with Gasteiger partial charge in [0.25, 0.3) is 0 Å². The molecule has 0 spiro atoms. The first-order chi connectivity index (χ1) is 18.6. The highest BCUT2D eigenvalue weighted by molar-refractivity contribution is 7.13. The molecule has 0 aliphatic carbocycles. The number of nitrogens with one attached hydrogen (secondary N) is 1. The smallest absolute Gasteiger partial charge is 0.410 e. The fraction of sp³-hybridized carbons (Fsp3) is 0.517. The van der Waals surface area contributed by atoms with Gasteiger partial charge >= 0.3 is 12.1 Å². The Hall–Kier alpha value is -3.40. The first-order valence-corrected chi connectivity index (χ1v) is 14.3. The SMILES string of the molecule is COC(=O)[C@@H]1C[C@@H]2CN1C(=O)[C@H](C(C)(C)C)Nc1nc(cs1)CCC/C=C/c1cccc3c1CN(C3)C(=O)O2. The summed E-state index contributed by atoms with van der Waals surface area (Å²) in [6, 6.07) is 4.65. The molecule has 1 aromatic heterocycles. The molecule has 4 heterocycles. The van der Waals surface area contributed by atoms with Crippen LogP contribution in [0.5, 0.6) is 0 Å². The number of rotatable bonds is 1. The van der Waals surface area contributed by atoms with Gasteiger partial charge in [-0.1, -0.05) is 51.1 Å². The number of benzene rings is 1. The number of carbonyl (C=O) groups is 3. The molecule has 208 valence electrons. The van der Waals surface area contributed by atoms with Gasteiger partial charge in [-0.2, -0.15) is 0 Å². The first kappa shape index (κ1) is 27.2. The molecule has 1 saturated heterocycles. The monoisotopic (exact) mass is 552 g/mol. The summed E-state index contributed by atoms with van der Waals surface area (Å²) in [6.07, 6.45) is 6.13. The van der Waals surface area contributed by atoms with E-state index in [1.165, 1.54) is 23.3 Å². The van der Waals surface area contributed by atoms with Gasteiger partial charge in [0.15, 0.2) is 5.13 Å². The zero-order chi connectivity index (χ0) is 27.7. The average molecular weight is 553 g/mol. The number of carbonyl (C=O) groups excluding carboxylic acids is 3. The van der Waals surface area contributed by atoms with E-state index in [0.29, 0.717) is 18.2 Å². The quantitative estimate of drug-likeness (QED) is 0.516. The van der Waals surface area contributed by atoms with E-state index in [-0.39, 0.29) is 18.9 Å². The molecule has 9 nitrogen and oxygen atoms in total. The molecule has 5 rings (SSSR count). The van der Waals surface area contributed by atoms with Gasteiger partial charge in [-0.3, -0.25) is 9.69 Å². The van der Waals surface area contributed by atoms with Crippen LogP contribution in [0.1, 0.15) is 62.4 Å². The van der Waals surface area contributed by atoms with Gasteiger partial charge in [0, 0.05) is 18.3 Å². The molecule has 3 aliphatic rings. The van der Waals surface area contributed by atoms with E-state index in [1.807, 2.05) is 38.3 Å².